The van der Waals surface area contributed by atoms with Gasteiger partial charge in [0.05, 0.1) is 10.7 Å². The molecular formula is C13H15NO4S. The van der Waals surface area contributed by atoms with E-state index in [-0.39, 0.29) is 28.0 Å². The number of hydrogen-bond donors (Lipinski definition) is 0. The number of rotatable bonds is 5. The number of nitro groups is 1. The third kappa shape index (κ3) is 3.47. The summed E-state index contributed by atoms with van der Waals surface area (Å²) in [5.74, 6) is -0.319. The lowest BCUT2D eigenvalue weighted by atomic mass is 10.1. The maximum Gasteiger partial charge on any atom is 0.270 e. The van der Waals surface area contributed by atoms with Crippen molar-refractivity contribution in [3.05, 3.63) is 39.9 Å². The monoisotopic (exact) mass is 281 g/mol. The zero-order chi connectivity index (χ0) is 13.8. The fraction of sp³-hybridized carbons (Fsp3) is 0.462. The van der Waals surface area contributed by atoms with Crippen molar-refractivity contribution in [1.29, 1.82) is 0 Å². The van der Waals surface area contributed by atoms with Crippen LogP contribution >= 0.6 is 0 Å². The molecule has 0 aliphatic heterocycles. The Hall–Kier alpha value is -1.56. The number of hydrogen-bond acceptors (Lipinski definition) is 4. The molecule has 0 saturated heterocycles. The summed E-state index contributed by atoms with van der Waals surface area (Å²) < 4.78 is 12.0. The van der Waals surface area contributed by atoms with E-state index in [0.29, 0.717) is 0 Å². The molecule has 2 rings (SSSR count). The highest BCUT2D eigenvalue weighted by Gasteiger charge is 2.24. The van der Waals surface area contributed by atoms with Gasteiger partial charge in [0.2, 0.25) is 0 Å². The first-order chi connectivity index (χ1) is 9.08. The molecule has 0 N–H and O–H groups in total. The van der Waals surface area contributed by atoms with Crippen LogP contribution in [0.15, 0.2) is 24.3 Å². The lowest BCUT2D eigenvalue weighted by Gasteiger charge is -2.08. The summed E-state index contributed by atoms with van der Waals surface area (Å²) in [6, 6.07) is 5.59. The van der Waals surface area contributed by atoms with Crippen molar-refractivity contribution in [2.24, 2.45) is 0 Å². The molecule has 1 saturated carbocycles. The minimum atomic E-state index is -1.16. The van der Waals surface area contributed by atoms with Crippen LogP contribution in [-0.4, -0.2) is 25.9 Å². The average molecular weight is 281 g/mol. The summed E-state index contributed by atoms with van der Waals surface area (Å²) >= 11 is 0. The van der Waals surface area contributed by atoms with Gasteiger partial charge in [0, 0.05) is 33.7 Å². The van der Waals surface area contributed by atoms with E-state index in [1.54, 1.807) is 0 Å². The van der Waals surface area contributed by atoms with Crippen molar-refractivity contribution >= 4 is 22.3 Å². The van der Waals surface area contributed by atoms with E-state index in [9.17, 15) is 19.1 Å². The second-order valence-corrected chi connectivity index (χ2v) is 6.38. The molecule has 1 unspecified atom stereocenters. The molecule has 0 aromatic heterocycles. The molecule has 6 heteroatoms. The number of nitro benzene ring substituents is 1. The predicted molar refractivity (Wildman–Crippen MR) is 72.7 cm³/mol. The topological polar surface area (TPSA) is 77.3 Å². The quantitative estimate of drug-likeness (QED) is 0.472. The Kier molecular flexibility index (Phi) is 4.42. The number of nitrogens with zero attached hydrogens (tertiary/aromatic N) is 1. The summed E-state index contributed by atoms with van der Waals surface area (Å²) in [7, 11) is -1.16. The summed E-state index contributed by atoms with van der Waals surface area (Å²) in [6.07, 6.45) is 3.96. The van der Waals surface area contributed by atoms with Crippen LogP contribution in [0.1, 0.15) is 36.0 Å². The lowest BCUT2D eigenvalue weighted by molar-refractivity contribution is -0.384. The number of benzene rings is 1. The molecule has 1 aromatic carbocycles. The second kappa shape index (κ2) is 6.06. The minimum absolute atomic E-state index is 0.0359. The maximum atomic E-state index is 12.0. The molecule has 102 valence electrons. The molecule has 5 nitrogen and oxygen atoms in total. The number of non-ortho nitro benzene ring substituents is 1. The van der Waals surface area contributed by atoms with E-state index < -0.39 is 15.7 Å². The number of carbonyl (C=O) groups is 1. The minimum Gasteiger partial charge on any atom is -0.293 e. The third-order valence-electron chi connectivity index (χ3n) is 3.33. The van der Waals surface area contributed by atoms with Gasteiger partial charge in [0.25, 0.3) is 5.69 Å². The molecule has 0 heterocycles. The van der Waals surface area contributed by atoms with E-state index in [0.717, 1.165) is 25.7 Å². The zero-order valence-corrected chi connectivity index (χ0v) is 11.2. The van der Waals surface area contributed by atoms with Gasteiger partial charge in [-0.2, -0.15) is 0 Å². The van der Waals surface area contributed by atoms with Crippen LogP contribution < -0.4 is 0 Å². The van der Waals surface area contributed by atoms with Gasteiger partial charge in [-0.3, -0.25) is 19.1 Å². The smallest absolute Gasteiger partial charge is 0.270 e. The Morgan fingerprint density at radius 3 is 2.68 bits per heavy atom. The number of ketones is 1. The molecular weight excluding hydrogens is 266 g/mol. The van der Waals surface area contributed by atoms with E-state index in [4.69, 9.17) is 0 Å². The third-order valence-corrected chi connectivity index (χ3v) is 5.09. The van der Waals surface area contributed by atoms with Crippen LogP contribution in [0.4, 0.5) is 5.69 Å². The summed E-state index contributed by atoms with van der Waals surface area (Å²) in [5.41, 5.74) is 0.151. The standard InChI is InChI=1S/C13H15NO4S/c15-13(9-19(18)12-6-1-2-7-12)10-4-3-5-11(8-10)14(16)17/h3-5,8,12H,1-2,6-7,9H2. The van der Waals surface area contributed by atoms with Gasteiger partial charge < -0.3 is 0 Å². The zero-order valence-electron chi connectivity index (χ0n) is 10.4. The van der Waals surface area contributed by atoms with E-state index in [1.165, 1.54) is 24.3 Å². The Morgan fingerprint density at radius 2 is 2.05 bits per heavy atom. The first-order valence-electron chi connectivity index (χ1n) is 6.23. The summed E-state index contributed by atoms with van der Waals surface area (Å²) in [6.45, 7) is 0. The highest BCUT2D eigenvalue weighted by Crippen LogP contribution is 2.23. The molecule has 1 fully saturated rings. The predicted octanol–water partition coefficient (Wildman–Crippen LogP) is 2.47. The molecule has 1 aliphatic carbocycles. The largest absolute Gasteiger partial charge is 0.293 e. The SMILES string of the molecule is O=C(CS(=O)C1CCCC1)c1cccc([N+](=O)[O-])c1. The van der Waals surface area contributed by atoms with Gasteiger partial charge >= 0.3 is 0 Å². The van der Waals surface area contributed by atoms with Crippen LogP contribution in [0.2, 0.25) is 0 Å². The molecule has 0 amide bonds. The van der Waals surface area contributed by atoms with Crippen molar-refractivity contribution in [1.82, 2.24) is 0 Å². The Morgan fingerprint density at radius 1 is 1.37 bits per heavy atom. The number of carbonyl (C=O) groups excluding carboxylic acids is 1. The first kappa shape index (κ1) is 13.9. The van der Waals surface area contributed by atoms with Crippen molar-refractivity contribution in [2.45, 2.75) is 30.9 Å². The molecule has 19 heavy (non-hydrogen) atoms. The first-order valence-corrected chi connectivity index (χ1v) is 7.61. The van der Waals surface area contributed by atoms with Gasteiger partial charge in [-0.15, -0.1) is 0 Å². The van der Waals surface area contributed by atoms with Crippen LogP contribution in [0.5, 0.6) is 0 Å². The van der Waals surface area contributed by atoms with E-state index in [1.807, 2.05) is 0 Å². The van der Waals surface area contributed by atoms with Gasteiger partial charge in [-0.05, 0) is 12.8 Å². The van der Waals surface area contributed by atoms with Crippen molar-refractivity contribution < 1.29 is 13.9 Å². The van der Waals surface area contributed by atoms with E-state index in [2.05, 4.69) is 0 Å². The van der Waals surface area contributed by atoms with Crippen molar-refractivity contribution in [3.63, 3.8) is 0 Å². The lowest BCUT2D eigenvalue weighted by Crippen LogP contribution is -2.19. The normalized spacial score (nSPS) is 17.3. The fourth-order valence-electron chi connectivity index (χ4n) is 2.27. The summed E-state index contributed by atoms with van der Waals surface area (Å²) in [4.78, 5) is 22.1. The Bertz CT molecular complexity index is 523. The molecule has 0 bridgehead atoms. The molecule has 1 atom stereocenters. The van der Waals surface area contributed by atoms with Crippen LogP contribution in [-0.2, 0) is 10.8 Å². The van der Waals surface area contributed by atoms with Gasteiger partial charge in [-0.1, -0.05) is 25.0 Å². The second-order valence-electron chi connectivity index (χ2n) is 4.66. The number of Topliss-reactive ketones (excluding diaryl/α,β-unsaturated/α-hetero) is 1. The molecule has 1 aromatic rings. The van der Waals surface area contributed by atoms with Crippen LogP contribution in [0.25, 0.3) is 0 Å². The highest BCUT2D eigenvalue weighted by atomic mass is 32.2. The van der Waals surface area contributed by atoms with Gasteiger partial charge in [0.1, 0.15) is 0 Å². The maximum absolute atomic E-state index is 12.0. The highest BCUT2D eigenvalue weighted by molar-refractivity contribution is 7.86. The Balaban J connectivity index is 2.05. The summed E-state index contributed by atoms with van der Waals surface area (Å²) in [5, 5.41) is 10.8. The molecule has 0 radical (unpaired) electrons. The Labute approximate surface area is 113 Å². The fourth-order valence-corrected chi connectivity index (χ4v) is 3.79. The van der Waals surface area contributed by atoms with Gasteiger partial charge in [-0.25, -0.2) is 0 Å². The van der Waals surface area contributed by atoms with Crippen LogP contribution in [0.3, 0.4) is 0 Å². The van der Waals surface area contributed by atoms with Gasteiger partial charge in [0.15, 0.2) is 5.78 Å². The average Bonchev–Trinajstić information content (AvgIpc) is 2.92. The molecule has 1 aliphatic rings. The van der Waals surface area contributed by atoms with Crippen molar-refractivity contribution in [2.75, 3.05) is 5.75 Å². The van der Waals surface area contributed by atoms with Crippen molar-refractivity contribution in [3.8, 4) is 0 Å². The van der Waals surface area contributed by atoms with E-state index >= 15 is 0 Å². The van der Waals surface area contributed by atoms with Crippen LogP contribution in [0, 0.1) is 10.1 Å². The molecule has 0 spiro atoms.